The zero-order chi connectivity index (χ0) is 31.9. The summed E-state index contributed by atoms with van der Waals surface area (Å²) < 4.78 is 67.4. The molecular formula is C27H31Cl2F3N4O6S. The van der Waals surface area contributed by atoms with Gasteiger partial charge in [-0.25, -0.2) is 13.2 Å². The van der Waals surface area contributed by atoms with Gasteiger partial charge >= 0.3 is 12.3 Å². The predicted molar refractivity (Wildman–Crippen MR) is 154 cm³/mol. The maximum Gasteiger partial charge on any atom is 0.416 e. The molecule has 3 rings (SSSR count). The number of sulfone groups is 1. The van der Waals surface area contributed by atoms with E-state index in [-0.39, 0.29) is 76.0 Å². The summed E-state index contributed by atoms with van der Waals surface area (Å²) in [6, 6.07) is 5.87. The lowest BCUT2D eigenvalue weighted by atomic mass is 9.95. The Labute approximate surface area is 256 Å². The summed E-state index contributed by atoms with van der Waals surface area (Å²) in [4.78, 5) is 37.6. The van der Waals surface area contributed by atoms with Crippen LogP contribution in [0.15, 0.2) is 35.2 Å². The number of halogens is 5. The molecule has 0 spiro atoms. The third kappa shape index (κ3) is 9.46. The highest BCUT2D eigenvalue weighted by atomic mass is 35.5. The van der Waals surface area contributed by atoms with E-state index < -0.39 is 39.5 Å². The van der Waals surface area contributed by atoms with Gasteiger partial charge in [-0.3, -0.25) is 14.5 Å². The molecule has 0 bridgehead atoms. The molecule has 2 aromatic carbocycles. The second kappa shape index (κ2) is 14.6. The Morgan fingerprint density at radius 2 is 1.77 bits per heavy atom. The molecule has 0 aliphatic carbocycles. The van der Waals surface area contributed by atoms with Gasteiger partial charge in [0.1, 0.15) is 0 Å². The molecule has 0 aromatic heterocycles. The predicted octanol–water partition coefficient (Wildman–Crippen LogP) is 4.33. The molecular weight excluding hydrogens is 636 g/mol. The van der Waals surface area contributed by atoms with Crippen LogP contribution in [0.2, 0.25) is 10.0 Å². The standard InChI is InChI=1S/C27H31Cl2F3N4O6S/c1-2-43(41,42)23-6-5-19(28)10-18(23)13-35-25(38)17-11-21(27(30,31)32)20(22(29)12-17)15-36-9-3-4-16(14-36)24(37)33-7-8-34-26(39)40/h5-6,10-12,16,34H,2-4,7-9,13-15H2,1H3,(H,33,37)(H,35,38)(H,39,40)/t16-/m0/s1. The van der Waals surface area contributed by atoms with Crippen LogP contribution in [0.25, 0.3) is 0 Å². The number of hydrogen-bond donors (Lipinski definition) is 4. The van der Waals surface area contributed by atoms with Gasteiger partial charge in [-0.15, -0.1) is 0 Å². The maximum atomic E-state index is 14.2. The first-order chi connectivity index (χ1) is 20.1. The quantitative estimate of drug-likeness (QED) is 0.261. The SMILES string of the molecule is CCS(=O)(=O)c1ccc(Cl)cc1CNC(=O)c1cc(Cl)c(CN2CCC[C@H](C(=O)NCCNC(=O)O)C2)c(C(F)(F)F)c1. The molecule has 2 aromatic rings. The van der Waals surface area contributed by atoms with E-state index in [0.29, 0.717) is 25.5 Å². The average Bonchev–Trinajstić information content (AvgIpc) is 2.94. The molecule has 0 unspecified atom stereocenters. The van der Waals surface area contributed by atoms with Crippen LogP contribution in [0, 0.1) is 5.92 Å². The number of carbonyl (C=O) groups excluding carboxylic acids is 2. The molecule has 0 radical (unpaired) electrons. The monoisotopic (exact) mass is 666 g/mol. The van der Waals surface area contributed by atoms with Gasteiger partial charge in [0.2, 0.25) is 5.91 Å². The fraction of sp³-hybridized carbons (Fsp3) is 0.444. The number of rotatable bonds is 11. The number of amides is 3. The van der Waals surface area contributed by atoms with Gasteiger partial charge in [-0.1, -0.05) is 30.1 Å². The minimum absolute atomic E-state index is 0.0140. The lowest BCUT2D eigenvalue weighted by Gasteiger charge is -2.33. The van der Waals surface area contributed by atoms with Gasteiger partial charge in [0.15, 0.2) is 9.84 Å². The molecule has 16 heteroatoms. The van der Waals surface area contributed by atoms with Crippen molar-refractivity contribution in [2.75, 3.05) is 31.9 Å². The van der Waals surface area contributed by atoms with Crippen LogP contribution in [0.1, 0.15) is 46.8 Å². The van der Waals surface area contributed by atoms with E-state index >= 15 is 0 Å². The van der Waals surface area contributed by atoms with E-state index in [1.165, 1.54) is 25.1 Å². The van der Waals surface area contributed by atoms with Crippen molar-refractivity contribution >= 4 is 50.9 Å². The fourth-order valence-electron chi connectivity index (χ4n) is 4.74. The zero-order valence-electron chi connectivity index (χ0n) is 23.1. The second-order valence-electron chi connectivity index (χ2n) is 9.92. The smallest absolute Gasteiger partial charge is 0.416 e. The van der Waals surface area contributed by atoms with Crippen molar-refractivity contribution in [3.63, 3.8) is 0 Å². The van der Waals surface area contributed by atoms with Gasteiger partial charge in [-0.2, -0.15) is 13.2 Å². The molecule has 4 N–H and O–H groups in total. The van der Waals surface area contributed by atoms with E-state index in [2.05, 4.69) is 16.0 Å². The maximum absolute atomic E-state index is 14.2. The molecule has 10 nitrogen and oxygen atoms in total. The normalized spacial score (nSPS) is 16.0. The topological polar surface area (TPSA) is 145 Å². The summed E-state index contributed by atoms with van der Waals surface area (Å²) >= 11 is 12.3. The van der Waals surface area contributed by atoms with Gasteiger partial charge in [-0.05, 0) is 60.8 Å². The molecule has 1 heterocycles. The summed E-state index contributed by atoms with van der Waals surface area (Å²) in [7, 11) is -3.66. The van der Waals surface area contributed by atoms with Crippen LogP contribution in [0.3, 0.4) is 0 Å². The highest BCUT2D eigenvalue weighted by Gasteiger charge is 2.37. The molecule has 1 saturated heterocycles. The number of nitrogens with one attached hydrogen (secondary N) is 3. The van der Waals surface area contributed by atoms with Gasteiger partial charge in [0.25, 0.3) is 5.91 Å². The Bertz CT molecular complexity index is 1470. The number of carbonyl (C=O) groups is 3. The number of piperidine rings is 1. The van der Waals surface area contributed by atoms with Crippen LogP contribution in [0.5, 0.6) is 0 Å². The molecule has 1 aliphatic heterocycles. The van der Waals surface area contributed by atoms with Crippen molar-refractivity contribution in [2.24, 2.45) is 5.92 Å². The number of hydrogen-bond acceptors (Lipinski definition) is 6. The molecule has 236 valence electrons. The highest BCUT2D eigenvalue weighted by molar-refractivity contribution is 7.91. The van der Waals surface area contributed by atoms with Crippen LogP contribution < -0.4 is 16.0 Å². The lowest BCUT2D eigenvalue weighted by Crippen LogP contribution is -2.44. The molecule has 43 heavy (non-hydrogen) atoms. The highest BCUT2D eigenvalue weighted by Crippen LogP contribution is 2.37. The fourth-order valence-corrected chi connectivity index (χ4v) is 6.33. The molecule has 1 fully saturated rings. The van der Waals surface area contributed by atoms with E-state index in [9.17, 15) is 36.0 Å². The number of carboxylic acid groups (broad SMARTS) is 1. The van der Waals surface area contributed by atoms with E-state index in [1.54, 1.807) is 4.90 Å². The van der Waals surface area contributed by atoms with Crippen LogP contribution in [-0.4, -0.2) is 68.3 Å². The Morgan fingerprint density at radius 1 is 1.07 bits per heavy atom. The van der Waals surface area contributed by atoms with Gasteiger partial charge < -0.3 is 21.1 Å². The average molecular weight is 668 g/mol. The third-order valence-corrected chi connectivity index (χ3v) is 9.30. The summed E-state index contributed by atoms with van der Waals surface area (Å²) in [5, 5.41) is 15.7. The van der Waals surface area contributed by atoms with Crippen molar-refractivity contribution in [1.29, 1.82) is 0 Å². The molecule has 1 aliphatic rings. The second-order valence-corrected chi connectivity index (χ2v) is 13.0. The van der Waals surface area contributed by atoms with E-state index in [1.807, 2.05) is 0 Å². The Kier molecular flexibility index (Phi) is 11.7. The van der Waals surface area contributed by atoms with Crippen LogP contribution in [-0.2, 0) is 33.9 Å². The number of alkyl halides is 3. The molecule has 3 amide bonds. The van der Waals surface area contributed by atoms with Crippen molar-refractivity contribution in [3.8, 4) is 0 Å². The van der Waals surface area contributed by atoms with Gasteiger partial charge in [0, 0.05) is 48.3 Å². The minimum Gasteiger partial charge on any atom is -0.465 e. The van der Waals surface area contributed by atoms with Crippen LogP contribution >= 0.6 is 23.2 Å². The Balaban J connectivity index is 1.76. The summed E-state index contributed by atoms with van der Waals surface area (Å²) in [6.45, 7) is 1.59. The first-order valence-corrected chi connectivity index (χ1v) is 15.7. The van der Waals surface area contributed by atoms with Crippen molar-refractivity contribution < 1.29 is 41.1 Å². The van der Waals surface area contributed by atoms with E-state index in [4.69, 9.17) is 28.3 Å². The summed E-state index contributed by atoms with van der Waals surface area (Å²) in [5.41, 5.74) is -1.53. The third-order valence-electron chi connectivity index (χ3n) is 6.90. The largest absolute Gasteiger partial charge is 0.465 e. The number of likely N-dealkylation sites (tertiary alicyclic amines) is 1. The van der Waals surface area contributed by atoms with Crippen molar-refractivity contribution in [1.82, 2.24) is 20.9 Å². The lowest BCUT2D eigenvalue weighted by molar-refractivity contribution is -0.138. The van der Waals surface area contributed by atoms with Crippen molar-refractivity contribution in [2.45, 2.75) is 43.9 Å². The van der Waals surface area contributed by atoms with Crippen LogP contribution in [0.4, 0.5) is 18.0 Å². The summed E-state index contributed by atoms with van der Waals surface area (Å²) in [6.07, 6.45) is -5.02. The molecule has 0 saturated carbocycles. The Hall–Kier alpha value is -3.07. The molecule has 1 atom stereocenters. The first-order valence-electron chi connectivity index (χ1n) is 13.3. The van der Waals surface area contributed by atoms with E-state index in [0.717, 1.165) is 6.07 Å². The van der Waals surface area contributed by atoms with Crippen molar-refractivity contribution in [3.05, 3.63) is 62.6 Å². The zero-order valence-corrected chi connectivity index (χ0v) is 25.4. The van der Waals surface area contributed by atoms with Gasteiger partial charge in [0.05, 0.1) is 22.1 Å². The first kappa shape index (κ1) is 34.4. The number of nitrogens with zero attached hydrogens (tertiary/aromatic N) is 1. The Morgan fingerprint density at radius 3 is 2.42 bits per heavy atom. The number of benzene rings is 2. The summed E-state index contributed by atoms with van der Waals surface area (Å²) in [5.74, 6) is -1.94. The minimum atomic E-state index is -4.85.